The van der Waals surface area contributed by atoms with Gasteiger partial charge in [0, 0.05) is 6.04 Å². The van der Waals surface area contributed by atoms with Crippen LogP contribution < -0.4 is 10.1 Å². The molecule has 0 unspecified atom stereocenters. The first kappa shape index (κ1) is 14.7. The van der Waals surface area contributed by atoms with Crippen LogP contribution in [0.1, 0.15) is 30.7 Å². The zero-order chi connectivity index (χ0) is 14.7. The van der Waals surface area contributed by atoms with E-state index in [2.05, 4.69) is 45.1 Å². The van der Waals surface area contributed by atoms with E-state index in [-0.39, 0.29) is 0 Å². The quantitative estimate of drug-likeness (QED) is 0.891. The Morgan fingerprint density at radius 1 is 1.15 bits per heavy atom. The zero-order valence-corrected chi connectivity index (χ0v) is 12.9. The summed E-state index contributed by atoms with van der Waals surface area (Å²) in [6.45, 7) is 9.14. The number of hydrogen-bond donors (Lipinski definition) is 1. The van der Waals surface area contributed by atoms with Gasteiger partial charge in [0.2, 0.25) is 0 Å². The Morgan fingerprint density at radius 3 is 2.55 bits per heavy atom. The number of aryl methyl sites for hydroxylation is 1. The summed E-state index contributed by atoms with van der Waals surface area (Å²) in [5.41, 5.74) is 3.38. The van der Waals surface area contributed by atoms with Crippen molar-refractivity contribution in [1.29, 1.82) is 0 Å². The Labute approximate surface area is 121 Å². The maximum absolute atomic E-state index is 5.91. The second-order valence-electron chi connectivity index (χ2n) is 5.39. The first-order chi connectivity index (χ1) is 9.52. The van der Waals surface area contributed by atoms with Crippen LogP contribution in [0.15, 0.2) is 28.7 Å². The predicted molar refractivity (Wildman–Crippen MR) is 82.1 cm³/mol. The van der Waals surface area contributed by atoms with E-state index in [0.29, 0.717) is 6.04 Å². The van der Waals surface area contributed by atoms with Crippen molar-refractivity contribution in [3.8, 4) is 17.1 Å². The summed E-state index contributed by atoms with van der Waals surface area (Å²) < 4.78 is 11.5. The number of rotatable bonds is 5. The second kappa shape index (κ2) is 6.14. The molecule has 0 fully saturated rings. The fraction of sp³-hybridized carbons (Fsp3) is 0.412. The van der Waals surface area contributed by atoms with Gasteiger partial charge in [0.15, 0.2) is 0 Å². The fourth-order valence-electron chi connectivity index (χ4n) is 2.17. The summed E-state index contributed by atoms with van der Waals surface area (Å²) in [7, 11) is 1.70. The lowest BCUT2D eigenvalue weighted by Crippen LogP contribution is -2.21. The minimum absolute atomic E-state index is 0.444. The molecule has 20 heavy (non-hydrogen) atoms. The zero-order valence-electron chi connectivity index (χ0n) is 12.9. The maximum Gasteiger partial charge on any atom is 0.138 e. The molecule has 2 rings (SSSR count). The van der Waals surface area contributed by atoms with Crippen LogP contribution in [0, 0.1) is 13.8 Å². The number of ether oxygens (including phenoxy) is 1. The monoisotopic (exact) mass is 273 g/mol. The van der Waals surface area contributed by atoms with E-state index in [9.17, 15) is 0 Å². The van der Waals surface area contributed by atoms with E-state index >= 15 is 0 Å². The molecule has 0 radical (unpaired) electrons. The van der Waals surface area contributed by atoms with Crippen molar-refractivity contribution in [3.05, 3.63) is 41.2 Å². The van der Waals surface area contributed by atoms with Crippen molar-refractivity contribution < 1.29 is 9.15 Å². The highest BCUT2D eigenvalue weighted by Crippen LogP contribution is 2.35. The summed E-state index contributed by atoms with van der Waals surface area (Å²) in [6.07, 6.45) is 0. The molecule has 0 spiro atoms. The van der Waals surface area contributed by atoms with Crippen molar-refractivity contribution >= 4 is 0 Å². The standard InChI is InChI=1S/C17H23NO2/c1-11(2)18-10-14-7-9-16(20-14)15-8-6-12(3)13(4)17(15)19-5/h6-9,11,18H,10H2,1-5H3. The average Bonchev–Trinajstić information content (AvgIpc) is 2.88. The third kappa shape index (κ3) is 3.05. The second-order valence-corrected chi connectivity index (χ2v) is 5.39. The summed E-state index contributed by atoms with van der Waals surface area (Å²) in [6, 6.07) is 8.62. The van der Waals surface area contributed by atoms with Gasteiger partial charge in [-0.25, -0.2) is 0 Å². The van der Waals surface area contributed by atoms with Crippen molar-refractivity contribution in [3.63, 3.8) is 0 Å². The molecule has 0 saturated carbocycles. The first-order valence-corrected chi connectivity index (χ1v) is 6.99. The molecule has 1 N–H and O–H groups in total. The van der Waals surface area contributed by atoms with Crippen LogP contribution in [0.25, 0.3) is 11.3 Å². The Morgan fingerprint density at radius 2 is 1.90 bits per heavy atom. The third-order valence-corrected chi connectivity index (χ3v) is 3.49. The molecule has 3 heteroatoms. The van der Waals surface area contributed by atoms with E-state index in [1.807, 2.05) is 12.1 Å². The SMILES string of the molecule is COc1c(-c2ccc(CNC(C)C)o2)ccc(C)c1C. The smallest absolute Gasteiger partial charge is 0.138 e. The molecule has 0 aliphatic carbocycles. The van der Waals surface area contributed by atoms with Gasteiger partial charge in [-0.3, -0.25) is 0 Å². The van der Waals surface area contributed by atoms with E-state index in [1.165, 1.54) is 5.56 Å². The number of benzene rings is 1. The van der Waals surface area contributed by atoms with Crippen LogP contribution in [-0.4, -0.2) is 13.2 Å². The molecule has 0 aliphatic heterocycles. The lowest BCUT2D eigenvalue weighted by atomic mass is 10.0. The molecule has 0 atom stereocenters. The van der Waals surface area contributed by atoms with Crippen molar-refractivity contribution in [2.75, 3.05) is 7.11 Å². The van der Waals surface area contributed by atoms with E-state index in [0.717, 1.165) is 34.9 Å². The Hall–Kier alpha value is -1.74. The largest absolute Gasteiger partial charge is 0.496 e. The third-order valence-electron chi connectivity index (χ3n) is 3.49. The minimum atomic E-state index is 0.444. The van der Waals surface area contributed by atoms with Crippen LogP contribution in [0.4, 0.5) is 0 Å². The lowest BCUT2D eigenvalue weighted by molar-refractivity contribution is 0.410. The lowest BCUT2D eigenvalue weighted by Gasteiger charge is -2.12. The van der Waals surface area contributed by atoms with E-state index < -0.39 is 0 Å². The average molecular weight is 273 g/mol. The highest BCUT2D eigenvalue weighted by atomic mass is 16.5. The number of furan rings is 1. The van der Waals surface area contributed by atoms with Gasteiger partial charge in [0.25, 0.3) is 0 Å². The molecule has 0 saturated heterocycles. The van der Waals surface area contributed by atoms with Crippen LogP contribution >= 0.6 is 0 Å². The molecule has 108 valence electrons. The Balaban J connectivity index is 2.30. The van der Waals surface area contributed by atoms with Crippen molar-refractivity contribution in [2.24, 2.45) is 0 Å². The van der Waals surface area contributed by atoms with Crippen LogP contribution in [-0.2, 0) is 6.54 Å². The molecule has 1 heterocycles. The Bertz CT molecular complexity index is 585. The molecular weight excluding hydrogens is 250 g/mol. The van der Waals surface area contributed by atoms with E-state index in [4.69, 9.17) is 9.15 Å². The normalized spacial score (nSPS) is 11.1. The molecule has 1 aromatic heterocycles. The summed E-state index contributed by atoms with van der Waals surface area (Å²) in [5.74, 6) is 2.68. The highest BCUT2D eigenvalue weighted by Gasteiger charge is 2.13. The highest BCUT2D eigenvalue weighted by molar-refractivity contribution is 5.69. The topological polar surface area (TPSA) is 34.4 Å². The van der Waals surface area contributed by atoms with Gasteiger partial charge in [-0.1, -0.05) is 19.9 Å². The number of nitrogens with one attached hydrogen (secondary N) is 1. The Kier molecular flexibility index (Phi) is 4.50. The number of hydrogen-bond acceptors (Lipinski definition) is 3. The molecule has 2 aromatic rings. The summed E-state index contributed by atoms with van der Waals surface area (Å²) >= 11 is 0. The summed E-state index contributed by atoms with van der Waals surface area (Å²) in [4.78, 5) is 0. The molecule has 3 nitrogen and oxygen atoms in total. The fourth-order valence-corrected chi connectivity index (χ4v) is 2.17. The van der Waals surface area contributed by atoms with Gasteiger partial charge >= 0.3 is 0 Å². The van der Waals surface area contributed by atoms with Crippen LogP contribution in [0.3, 0.4) is 0 Å². The van der Waals surface area contributed by atoms with Crippen molar-refractivity contribution in [2.45, 2.75) is 40.3 Å². The van der Waals surface area contributed by atoms with Gasteiger partial charge in [-0.2, -0.15) is 0 Å². The molecule has 0 bridgehead atoms. The molecule has 0 amide bonds. The molecule has 1 aromatic carbocycles. The van der Waals surface area contributed by atoms with Crippen LogP contribution in [0.5, 0.6) is 5.75 Å². The van der Waals surface area contributed by atoms with Gasteiger partial charge in [-0.15, -0.1) is 0 Å². The minimum Gasteiger partial charge on any atom is -0.496 e. The van der Waals surface area contributed by atoms with Crippen LogP contribution in [0.2, 0.25) is 0 Å². The van der Waals surface area contributed by atoms with E-state index in [1.54, 1.807) is 7.11 Å². The number of methoxy groups -OCH3 is 1. The maximum atomic E-state index is 5.91. The first-order valence-electron chi connectivity index (χ1n) is 6.99. The van der Waals surface area contributed by atoms with Crippen molar-refractivity contribution in [1.82, 2.24) is 5.32 Å². The van der Waals surface area contributed by atoms with Gasteiger partial charge in [-0.05, 0) is 43.2 Å². The molecular formula is C17H23NO2. The molecule has 0 aliphatic rings. The van der Waals surface area contributed by atoms with Gasteiger partial charge in [0.05, 0.1) is 19.2 Å². The predicted octanol–water partition coefficient (Wildman–Crippen LogP) is 4.07. The summed E-state index contributed by atoms with van der Waals surface area (Å²) in [5, 5.41) is 3.35. The van der Waals surface area contributed by atoms with Gasteiger partial charge in [0.1, 0.15) is 17.3 Å². The van der Waals surface area contributed by atoms with Gasteiger partial charge < -0.3 is 14.5 Å².